The Morgan fingerprint density at radius 3 is 2.72 bits per heavy atom. The fourth-order valence-corrected chi connectivity index (χ4v) is 2.57. The maximum atomic E-state index is 9.87. The fraction of sp³-hybridized carbons (Fsp3) is 0.571. The van der Waals surface area contributed by atoms with Gasteiger partial charge in [-0.05, 0) is 36.8 Å². The Hall–Kier alpha value is -1.26. The van der Waals surface area contributed by atoms with Gasteiger partial charge in [0.15, 0.2) is 0 Å². The zero-order chi connectivity index (χ0) is 13.0. The van der Waals surface area contributed by atoms with Gasteiger partial charge in [-0.15, -0.1) is 0 Å². The maximum Gasteiger partial charge on any atom is 0.120 e. The topological polar surface area (TPSA) is 63.9 Å². The number of phenols is 1. The number of aromatic hydroxyl groups is 1. The van der Waals surface area contributed by atoms with Crippen molar-refractivity contribution in [1.82, 2.24) is 0 Å². The van der Waals surface area contributed by atoms with E-state index >= 15 is 0 Å². The van der Waals surface area contributed by atoms with E-state index in [0.717, 1.165) is 37.2 Å². The first-order valence-electron chi connectivity index (χ1n) is 6.53. The maximum absolute atomic E-state index is 9.87. The standard InChI is InChI=1S/C14H21NO3/c16-7-4-11-3-6-15(10-11)13-2-1-12(5-8-17)14(18)9-13/h1-2,9,11,16-18H,3-8,10H2. The minimum Gasteiger partial charge on any atom is -0.508 e. The summed E-state index contributed by atoms with van der Waals surface area (Å²) in [6.45, 7) is 2.22. The van der Waals surface area contributed by atoms with Gasteiger partial charge in [0.25, 0.3) is 0 Å². The molecule has 1 unspecified atom stereocenters. The number of hydrogen-bond acceptors (Lipinski definition) is 4. The normalized spacial score (nSPS) is 19.4. The van der Waals surface area contributed by atoms with Crippen molar-refractivity contribution in [3.05, 3.63) is 23.8 Å². The van der Waals surface area contributed by atoms with E-state index in [1.807, 2.05) is 12.1 Å². The van der Waals surface area contributed by atoms with Crippen LogP contribution in [0.4, 0.5) is 5.69 Å². The molecule has 0 saturated carbocycles. The van der Waals surface area contributed by atoms with Crippen molar-refractivity contribution in [2.24, 2.45) is 5.92 Å². The van der Waals surface area contributed by atoms with Gasteiger partial charge in [0, 0.05) is 38.1 Å². The van der Waals surface area contributed by atoms with E-state index in [2.05, 4.69) is 4.90 Å². The van der Waals surface area contributed by atoms with Crippen molar-refractivity contribution in [2.45, 2.75) is 19.3 Å². The van der Waals surface area contributed by atoms with Crippen LogP contribution >= 0.6 is 0 Å². The molecule has 1 aliphatic heterocycles. The molecule has 0 aliphatic carbocycles. The van der Waals surface area contributed by atoms with Crippen molar-refractivity contribution in [3.8, 4) is 5.75 Å². The average molecular weight is 251 g/mol. The first kappa shape index (κ1) is 13.2. The highest BCUT2D eigenvalue weighted by Gasteiger charge is 2.22. The summed E-state index contributed by atoms with van der Waals surface area (Å²) in [5, 5.41) is 27.7. The average Bonchev–Trinajstić information content (AvgIpc) is 2.81. The highest BCUT2D eigenvalue weighted by Crippen LogP contribution is 2.29. The number of phenolic OH excluding ortho intramolecular Hbond substituents is 1. The van der Waals surface area contributed by atoms with Crippen LogP contribution in [0.5, 0.6) is 5.75 Å². The molecule has 0 amide bonds. The zero-order valence-corrected chi connectivity index (χ0v) is 10.5. The first-order chi connectivity index (χ1) is 8.74. The lowest BCUT2D eigenvalue weighted by atomic mass is 10.1. The summed E-state index contributed by atoms with van der Waals surface area (Å²) >= 11 is 0. The van der Waals surface area contributed by atoms with Gasteiger partial charge < -0.3 is 20.2 Å². The van der Waals surface area contributed by atoms with Crippen molar-refractivity contribution in [2.75, 3.05) is 31.2 Å². The van der Waals surface area contributed by atoms with Crippen LogP contribution in [0.3, 0.4) is 0 Å². The zero-order valence-electron chi connectivity index (χ0n) is 10.5. The number of nitrogens with zero attached hydrogens (tertiary/aromatic N) is 1. The van der Waals surface area contributed by atoms with E-state index in [1.54, 1.807) is 6.07 Å². The largest absolute Gasteiger partial charge is 0.508 e. The Bertz CT molecular complexity index is 395. The summed E-state index contributed by atoms with van der Waals surface area (Å²) in [5.74, 6) is 0.807. The predicted octanol–water partition coefficient (Wildman–Crippen LogP) is 1.14. The molecule has 1 aromatic carbocycles. The van der Waals surface area contributed by atoms with Crippen molar-refractivity contribution >= 4 is 5.69 Å². The smallest absolute Gasteiger partial charge is 0.120 e. The Morgan fingerprint density at radius 2 is 2.06 bits per heavy atom. The second-order valence-corrected chi connectivity index (χ2v) is 4.90. The van der Waals surface area contributed by atoms with Gasteiger partial charge in [0.1, 0.15) is 5.75 Å². The van der Waals surface area contributed by atoms with Gasteiger partial charge in [-0.25, -0.2) is 0 Å². The number of benzene rings is 1. The summed E-state index contributed by atoms with van der Waals surface area (Å²) in [6.07, 6.45) is 2.43. The quantitative estimate of drug-likeness (QED) is 0.734. The predicted molar refractivity (Wildman–Crippen MR) is 70.9 cm³/mol. The molecule has 4 nitrogen and oxygen atoms in total. The molecule has 1 fully saturated rings. The fourth-order valence-electron chi connectivity index (χ4n) is 2.57. The van der Waals surface area contributed by atoms with Gasteiger partial charge in [-0.3, -0.25) is 0 Å². The highest BCUT2D eigenvalue weighted by atomic mass is 16.3. The van der Waals surface area contributed by atoms with Gasteiger partial charge in [0.2, 0.25) is 0 Å². The summed E-state index contributed by atoms with van der Waals surface area (Å²) in [5.41, 5.74) is 1.81. The lowest BCUT2D eigenvalue weighted by Crippen LogP contribution is -2.19. The lowest BCUT2D eigenvalue weighted by molar-refractivity contribution is 0.263. The summed E-state index contributed by atoms with van der Waals surface area (Å²) in [4.78, 5) is 2.24. The first-order valence-corrected chi connectivity index (χ1v) is 6.53. The number of aliphatic hydroxyl groups is 2. The Kier molecular flexibility index (Phi) is 4.44. The summed E-state index contributed by atoms with van der Waals surface area (Å²) in [6, 6.07) is 5.64. The molecular formula is C14H21NO3. The molecule has 18 heavy (non-hydrogen) atoms. The van der Waals surface area contributed by atoms with Crippen molar-refractivity contribution in [3.63, 3.8) is 0 Å². The second kappa shape index (κ2) is 6.07. The van der Waals surface area contributed by atoms with Crippen LogP contribution in [0.25, 0.3) is 0 Å². The molecule has 1 atom stereocenters. The van der Waals surface area contributed by atoms with Crippen LogP contribution in [-0.2, 0) is 6.42 Å². The van der Waals surface area contributed by atoms with Gasteiger partial charge >= 0.3 is 0 Å². The third-order valence-electron chi connectivity index (χ3n) is 3.64. The van der Waals surface area contributed by atoms with E-state index in [-0.39, 0.29) is 19.0 Å². The highest BCUT2D eigenvalue weighted by molar-refractivity contribution is 5.54. The van der Waals surface area contributed by atoms with E-state index < -0.39 is 0 Å². The van der Waals surface area contributed by atoms with Crippen LogP contribution in [0.2, 0.25) is 0 Å². The summed E-state index contributed by atoms with van der Waals surface area (Å²) in [7, 11) is 0. The number of hydrogen-bond donors (Lipinski definition) is 3. The molecule has 0 spiro atoms. The molecule has 0 aromatic heterocycles. The van der Waals surface area contributed by atoms with E-state index in [9.17, 15) is 5.11 Å². The molecule has 2 rings (SSSR count). The number of anilines is 1. The Labute approximate surface area is 107 Å². The van der Waals surface area contributed by atoms with Crippen molar-refractivity contribution < 1.29 is 15.3 Å². The van der Waals surface area contributed by atoms with Crippen LogP contribution < -0.4 is 4.90 Å². The molecule has 1 heterocycles. The third-order valence-corrected chi connectivity index (χ3v) is 3.64. The monoisotopic (exact) mass is 251 g/mol. The van der Waals surface area contributed by atoms with E-state index in [1.165, 1.54) is 0 Å². The molecule has 1 aromatic rings. The molecule has 4 heteroatoms. The van der Waals surface area contributed by atoms with Gasteiger partial charge in [-0.2, -0.15) is 0 Å². The van der Waals surface area contributed by atoms with Gasteiger partial charge in [-0.1, -0.05) is 6.07 Å². The Morgan fingerprint density at radius 1 is 1.22 bits per heavy atom. The summed E-state index contributed by atoms with van der Waals surface area (Å²) < 4.78 is 0. The lowest BCUT2D eigenvalue weighted by Gasteiger charge is -2.19. The molecular weight excluding hydrogens is 230 g/mol. The molecule has 0 bridgehead atoms. The number of aliphatic hydroxyl groups excluding tert-OH is 2. The minimum absolute atomic E-state index is 0.0508. The van der Waals surface area contributed by atoms with Crippen molar-refractivity contribution in [1.29, 1.82) is 0 Å². The number of rotatable bonds is 5. The SMILES string of the molecule is OCCc1ccc(N2CCC(CCO)C2)cc1O. The third kappa shape index (κ3) is 2.94. The molecule has 100 valence electrons. The molecule has 0 radical (unpaired) electrons. The minimum atomic E-state index is 0.0508. The van der Waals surface area contributed by atoms with Crippen LogP contribution in [0.1, 0.15) is 18.4 Å². The van der Waals surface area contributed by atoms with Crippen LogP contribution in [0, 0.1) is 5.92 Å². The molecule has 3 N–H and O–H groups in total. The van der Waals surface area contributed by atoms with Gasteiger partial charge in [0.05, 0.1) is 0 Å². The van der Waals surface area contributed by atoms with Crippen LogP contribution in [0.15, 0.2) is 18.2 Å². The molecule has 1 aliphatic rings. The second-order valence-electron chi connectivity index (χ2n) is 4.90. The Balaban J connectivity index is 2.04. The van der Waals surface area contributed by atoms with E-state index in [4.69, 9.17) is 10.2 Å². The van der Waals surface area contributed by atoms with Crippen LogP contribution in [-0.4, -0.2) is 41.6 Å². The molecule has 1 saturated heterocycles. The van der Waals surface area contributed by atoms with E-state index in [0.29, 0.717) is 12.3 Å².